The molecule has 3 atom stereocenters. The van der Waals surface area contributed by atoms with Gasteiger partial charge in [-0.2, -0.15) is 9.78 Å². The molecule has 126 valence electrons. The number of benzene rings is 1. The molecule has 2 aromatic rings. The number of ether oxygens (including phenoxy) is 1. The minimum Gasteiger partial charge on any atom is -0.497 e. The first-order valence-electron chi connectivity index (χ1n) is 8.43. The molecule has 4 rings (SSSR count). The molecule has 2 aliphatic heterocycles. The van der Waals surface area contributed by atoms with E-state index >= 15 is 0 Å². The van der Waals surface area contributed by atoms with Crippen LogP contribution in [-0.2, 0) is 0 Å². The predicted molar refractivity (Wildman–Crippen MR) is 91.1 cm³/mol. The van der Waals surface area contributed by atoms with Gasteiger partial charge < -0.3 is 15.0 Å². The number of hydrogen-bond donors (Lipinski definition) is 1. The molecule has 2 bridgehead atoms. The van der Waals surface area contributed by atoms with Crippen LogP contribution in [0.5, 0.6) is 5.75 Å². The summed E-state index contributed by atoms with van der Waals surface area (Å²) >= 11 is 0. The van der Waals surface area contributed by atoms with Gasteiger partial charge in [0.2, 0.25) is 0 Å². The van der Waals surface area contributed by atoms with E-state index in [-0.39, 0.29) is 12.1 Å². The molecule has 3 heterocycles. The summed E-state index contributed by atoms with van der Waals surface area (Å²) in [6.45, 7) is 3.30. The zero-order valence-corrected chi connectivity index (χ0v) is 13.8. The van der Waals surface area contributed by atoms with Crippen molar-refractivity contribution in [1.29, 1.82) is 0 Å². The van der Waals surface area contributed by atoms with Gasteiger partial charge in [-0.05, 0) is 43.0 Å². The molecule has 2 fully saturated rings. The van der Waals surface area contributed by atoms with Gasteiger partial charge >= 0.3 is 6.03 Å². The van der Waals surface area contributed by atoms with E-state index in [0.717, 1.165) is 35.8 Å². The molecule has 0 radical (unpaired) electrons. The molecule has 2 aliphatic rings. The molecule has 24 heavy (non-hydrogen) atoms. The summed E-state index contributed by atoms with van der Waals surface area (Å²) in [6, 6.07) is 7.81. The zero-order chi connectivity index (χ0) is 16.5. The van der Waals surface area contributed by atoms with E-state index in [1.807, 2.05) is 24.3 Å². The summed E-state index contributed by atoms with van der Waals surface area (Å²) in [6.07, 6.45) is 5.81. The van der Waals surface area contributed by atoms with Crippen LogP contribution in [0.25, 0.3) is 11.1 Å². The number of aromatic nitrogens is 2. The highest BCUT2D eigenvalue weighted by atomic mass is 16.5. The Bertz CT molecular complexity index is 730. The van der Waals surface area contributed by atoms with Gasteiger partial charge in [0, 0.05) is 30.9 Å². The van der Waals surface area contributed by atoms with Crippen molar-refractivity contribution in [2.75, 3.05) is 26.7 Å². The maximum absolute atomic E-state index is 12.5. The normalized spacial score (nSPS) is 25.5. The maximum atomic E-state index is 12.5. The second-order valence-corrected chi connectivity index (χ2v) is 6.70. The molecule has 0 aliphatic carbocycles. The second-order valence-electron chi connectivity index (χ2n) is 6.70. The van der Waals surface area contributed by atoms with Crippen LogP contribution in [0.3, 0.4) is 0 Å². The van der Waals surface area contributed by atoms with Crippen molar-refractivity contribution in [2.24, 2.45) is 5.92 Å². The van der Waals surface area contributed by atoms with Crippen LogP contribution in [0.4, 0.5) is 4.79 Å². The van der Waals surface area contributed by atoms with E-state index < -0.39 is 0 Å². The molecule has 6 nitrogen and oxygen atoms in total. The molecule has 0 saturated carbocycles. The topological polar surface area (TPSA) is 59.4 Å². The van der Waals surface area contributed by atoms with Gasteiger partial charge in [0.1, 0.15) is 5.75 Å². The van der Waals surface area contributed by atoms with Crippen LogP contribution in [0, 0.1) is 5.92 Å². The molecule has 1 unspecified atom stereocenters. The highest BCUT2D eigenvalue weighted by Gasteiger charge is 2.33. The monoisotopic (exact) mass is 326 g/mol. The SMILES string of the molecule is COc1cccc(-c2cnn(C(=O)N[C@@H]3C[C@H]4CCN(C4)C3)c2)c1. The smallest absolute Gasteiger partial charge is 0.342 e. The number of fused-ring (bicyclic) bond motifs is 2. The first-order chi connectivity index (χ1) is 11.7. The van der Waals surface area contributed by atoms with Gasteiger partial charge in [0.15, 0.2) is 0 Å². The Hall–Kier alpha value is -2.34. The fourth-order valence-electron chi connectivity index (χ4n) is 3.79. The summed E-state index contributed by atoms with van der Waals surface area (Å²) in [5, 5.41) is 7.34. The van der Waals surface area contributed by atoms with Crippen LogP contribution in [0.2, 0.25) is 0 Å². The summed E-state index contributed by atoms with van der Waals surface area (Å²) < 4.78 is 6.64. The van der Waals surface area contributed by atoms with Gasteiger partial charge in [-0.1, -0.05) is 12.1 Å². The minimum absolute atomic E-state index is 0.156. The summed E-state index contributed by atoms with van der Waals surface area (Å²) in [7, 11) is 1.64. The van der Waals surface area contributed by atoms with Gasteiger partial charge in [-0.25, -0.2) is 4.79 Å². The first kappa shape index (κ1) is 15.2. The third-order valence-electron chi connectivity index (χ3n) is 4.99. The third-order valence-corrected chi connectivity index (χ3v) is 4.99. The number of carbonyl (C=O) groups excluding carboxylic acids is 1. The highest BCUT2D eigenvalue weighted by molar-refractivity contribution is 5.78. The summed E-state index contributed by atoms with van der Waals surface area (Å²) in [4.78, 5) is 14.9. The number of carbonyl (C=O) groups is 1. The Morgan fingerprint density at radius 1 is 1.33 bits per heavy atom. The van der Waals surface area contributed by atoms with E-state index in [9.17, 15) is 4.79 Å². The van der Waals surface area contributed by atoms with Gasteiger partial charge in [0.25, 0.3) is 0 Å². The lowest BCUT2D eigenvalue weighted by Gasteiger charge is -2.30. The number of hydrogen-bond acceptors (Lipinski definition) is 4. The lowest BCUT2D eigenvalue weighted by atomic mass is 9.97. The number of nitrogens with one attached hydrogen (secondary N) is 1. The van der Waals surface area contributed by atoms with Crippen LogP contribution < -0.4 is 10.1 Å². The van der Waals surface area contributed by atoms with E-state index in [0.29, 0.717) is 0 Å². The fourth-order valence-corrected chi connectivity index (χ4v) is 3.79. The van der Waals surface area contributed by atoms with Crippen LogP contribution in [0.1, 0.15) is 12.8 Å². The standard InChI is InChI=1S/C18H22N4O2/c1-24-17-4-2-3-14(8-17)15-9-19-22(11-15)18(23)20-16-7-13-5-6-21(10-13)12-16/h2-4,8-9,11,13,16H,5-7,10,12H2,1H3,(H,20,23)/t13-,16-/m1/s1. The minimum atomic E-state index is -0.156. The predicted octanol–water partition coefficient (Wildman–Crippen LogP) is 2.21. The van der Waals surface area contributed by atoms with Crippen LogP contribution in [-0.4, -0.2) is 53.5 Å². The number of piperidine rings is 1. The van der Waals surface area contributed by atoms with Crippen molar-refractivity contribution >= 4 is 6.03 Å². The van der Waals surface area contributed by atoms with Crippen molar-refractivity contribution in [3.05, 3.63) is 36.7 Å². The average Bonchev–Trinajstić information content (AvgIpc) is 3.22. The van der Waals surface area contributed by atoms with Crippen molar-refractivity contribution in [2.45, 2.75) is 18.9 Å². The van der Waals surface area contributed by atoms with Crippen molar-refractivity contribution in [1.82, 2.24) is 20.0 Å². The van der Waals surface area contributed by atoms with Gasteiger partial charge in [0.05, 0.1) is 13.3 Å². The lowest BCUT2D eigenvalue weighted by molar-refractivity contribution is 0.204. The Morgan fingerprint density at radius 2 is 2.25 bits per heavy atom. The Balaban J connectivity index is 1.45. The lowest BCUT2D eigenvalue weighted by Crippen LogP contribution is -2.48. The Kier molecular flexibility index (Phi) is 3.98. The van der Waals surface area contributed by atoms with E-state index in [2.05, 4.69) is 15.3 Å². The van der Waals surface area contributed by atoms with Crippen molar-refractivity contribution < 1.29 is 9.53 Å². The largest absolute Gasteiger partial charge is 0.497 e. The number of rotatable bonds is 3. The number of methoxy groups -OCH3 is 1. The van der Waals surface area contributed by atoms with E-state index in [1.54, 1.807) is 19.5 Å². The van der Waals surface area contributed by atoms with Crippen molar-refractivity contribution in [3.8, 4) is 16.9 Å². The van der Waals surface area contributed by atoms with Crippen LogP contribution in [0.15, 0.2) is 36.7 Å². The molecule has 0 spiro atoms. The van der Waals surface area contributed by atoms with Crippen LogP contribution >= 0.6 is 0 Å². The Morgan fingerprint density at radius 3 is 3.08 bits per heavy atom. The number of nitrogens with zero attached hydrogens (tertiary/aromatic N) is 3. The summed E-state index contributed by atoms with van der Waals surface area (Å²) in [5.41, 5.74) is 1.88. The fraction of sp³-hybridized carbons (Fsp3) is 0.444. The molecule has 1 aromatic heterocycles. The van der Waals surface area contributed by atoms with Crippen molar-refractivity contribution in [3.63, 3.8) is 0 Å². The van der Waals surface area contributed by atoms with Gasteiger partial charge in [-0.15, -0.1) is 0 Å². The van der Waals surface area contributed by atoms with E-state index in [4.69, 9.17) is 4.74 Å². The number of amides is 1. The van der Waals surface area contributed by atoms with E-state index in [1.165, 1.54) is 24.2 Å². The molecule has 1 amide bonds. The van der Waals surface area contributed by atoms with Gasteiger partial charge in [-0.3, -0.25) is 0 Å². The molecular weight excluding hydrogens is 304 g/mol. The molecular formula is C18H22N4O2. The first-order valence-corrected chi connectivity index (χ1v) is 8.43. The quantitative estimate of drug-likeness (QED) is 0.939. The molecule has 1 N–H and O–H groups in total. The average molecular weight is 326 g/mol. The third kappa shape index (κ3) is 3.01. The zero-order valence-electron chi connectivity index (χ0n) is 13.8. The summed E-state index contributed by atoms with van der Waals surface area (Å²) in [5.74, 6) is 1.52. The molecule has 6 heteroatoms. The highest BCUT2D eigenvalue weighted by Crippen LogP contribution is 2.27. The Labute approximate surface area is 141 Å². The second kappa shape index (κ2) is 6.28. The molecule has 2 saturated heterocycles. The maximum Gasteiger partial charge on any atom is 0.342 e. The molecule has 1 aromatic carbocycles.